The molecule has 0 saturated heterocycles. The molecule has 78 valence electrons. The first-order valence-corrected chi connectivity index (χ1v) is 4.71. The highest BCUT2D eigenvalue weighted by Crippen LogP contribution is 1.81. The summed E-state index contributed by atoms with van der Waals surface area (Å²) in [6, 6.07) is 1.90. The van der Waals surface area contributed by atoms with Crippen LogP contribution in [0.15, 0.2) is 18.5 Å². The summed E-state index contributed by atoms with van der Waals surface area (Å²) in [5, 5.41) is 9.99. The van der Waals surface area contributed by atoms with E-state index in [1.54, 1.807) is 6.20 Å². The Morgan fingerprint density at radius 2 is 2.29 bits per heavy atom. The number of nitrogens with one attached hydrogen (secondary N) is 2. The van der Waals surface area contributed by atoms with E-state index in [4.69, 9.17) is 0 Å². The van der Waals surface area contributed by atoms with Gasteiger partial charge in [-0.05, 0) is 6.07 Å². The molecule has 0 aromatic carbocycles. The quantitative estimate of drug-likeness (QED) is 0.609. The van der Waals surface area contributed by atoms with Gasteiger partial charge in [0.25, 0.3) is 0 Å². The van der Waals surface area contributed by atoms with Crippen LogP contribution in [0.5, 0.6) is 0 Å². The van der Waals surface area contributed by atoms with E-state index in [0.717, 1.165) is 19.6 Å². The van der Waals surface area contributed by atoms with Gasteiger partial charge in [-0.1, -0.05) is 0 Å². The average Bonchev–Trinajstić information content (AvgIpc) is 2.63. The fourth-order valence-corrected chi connectivity index (χ4v) is 1.08. The van der Waals surface area contributed by atoms with Crippen LogP contribution in [0.4, 0.5) is 0 Å². The Hall–Kier alpha value is -1.36. The van der Waals surface area contributed by atoms with Crippen molar-refractivity contribution in [3.63, 3.8) is 0 Å². The zero-order valence-corrected chi connectivity index (χ0v) is 8.36. The minimum atomic E-state index is 0.0128. The van der Waals surface area contributed by atoms with Crippen molar-refractivity contribution in [2.24, 2.45) is 0 Å². The number of rotatable bonds is 6. The van der Waals surface area contributed by atoms with Crippen molar-refractivity contribution < 1.29 is 4.79 Å². The molecule has 5 heteroatoms. The van der Waals surface area contributed by atoms with Crippen LogP contribution in [-0.2, 0) is 11.3 Å². The van der Waals surface area contributed by atoms with Gasteiger partial charge in [0.1, 0.15) is 0 Å². The fraction of sp³-hybridized carbons (Fsp3) is 0.556. The van der Waals surface area contributed by atoms with Crippen molar-refractivity contribution >= 4 is 5.91 Å². The summed E-state index contributed by atoms with van der Waals surface area (Å²) in [5.41, 5.74) is 0. The highest BCUT2D eigenvalue weighted by atomic mass is 16.1. The lowest BCUT2D eigenvalue weighted by Crippen LogP contribution is -2.31. The van der Waals surface area contributed by atoms with E-state index in [-0.39, 0.29) is 5.91 Å². The molecule has 0 bridgehead atoms. The zero-order valence-electron chi connectivity index (χ0n) is 8.36. The van der Waals surface area contributed by atoms with E-state index in [2.05, 4.69) is 15.7 Å². The third-order valence-electron chi connectivity index (χ3n) is 1.75. The number of nitrogens with zero attached hydrogens (tertiary/aromatic N) is 2. The van der Waals surface area contributed by atoms with Gasteiger partial charge in [-0.3, -0.25) is 9.48 Å². The summed E-state index contributed by atoms with van der Waals surface area (Å²) in [7, 11) is 0. The first-order chi connectivity index (χ1) is 6.79. The molecule has 1 aromatic heterocycles. The predicted molar refractivity (Wildman–Crippen MR) is 53.8 cm³/mol. The molecule has 1 heterocycles. The Balaban J connectivity index is 1.92. The zero-order chi connectivity index (χ0) is 10.2. The Labute approximate surface area is 83.5 Å². The maximum absolute atomic E-state index is 10.5. The standard InChI is InChI=1S/C9H16N4O/c1-9(14)11-5-4-10-6-8-13-7-2-3-12-13/h2-3,7,10H,4-6,8H2,1H3,(H,11,14). The van der Waals surface area contributed by atoms with Gasteiger partial charge in [0.15, 0.2) is 0 Å². The fourth-order valence-electron chi connectivity index (χ4n) is 1.08. The Morgan fingerprint density at radius 1 is 1.43 bits per heavy atom. The first kappa shape index (κ1) is 10.7. The van der Waals surface area contributed by atoms with Gasteiger partial charge in [-0.15, -0.1) is 0 Å². The van der Waals surface area contributed by atoms with E-state index in [0.29, 0.717) is 6.54 Å². The van der Waals surface area contributed by atoms with Gasteiger partial charge in [-0.25, -0.2) is 0 Å². The number of hydrogen-bond donors (Lipinski definition) is 2. The minimum absolute atomic E-state index is 0.0128. The van der Waals surface area contributed by atoms with E-state index < -0.39 is 0 Å². The van der Waals surface area contributed by atoms with Crippen LogP contribution < -0.4 is 10.6 Å². The lowest BCUT2D eigenvalue weighted by Gasteiger charge is -2.05. The molecule has 0 radical (unpaired) electrons. The SMILES string of the molecule is CC(=O)NCCNCCn1cccn1. The van der Waals surface area contributed by atoms with Gasteiger partial charge in [-0.2, -0.15) is 5.10 Å². The van der Waals surface area contributed by atoms with Crippen LogP contribution in [0.3, 0.4) is 0 Å². The van der Waals surface area contributed by atoms with Gasteiger partial charge in [0.2, 0.25) is 5.91 Å². The molecular weight excluding hydrogens is 180 g/mol. The predicted octanol–water partition coefficient (Wildman–Crippen LogP) is -0.391. The Kier molecular flexibility index (Phi) is 4.71. The molecule has 0 saturated carbocycles. The van der Waals surface area contributed by atoms with Crippen LogP contribution >= 0.6 is 0 Å². The summed E-state index contributed by atoms with van der Waals surface area (Å²) in [5.74, 6) is 0.0128. The smallest absolute Gasteiger partial charge is 0.216 e. The number of hydrogen-bond acceptors (Lipinski definition) is 3. The van der Waals surface area contributed by atoms with Crippen molar-refractivity contribution in [1.82, 2.24) is 20.4 Å². The Morgan fingerprint density at radius 3 is 2.93 bits per heavy atom. The van der Waals surface area contributed by atoms with Crippen molar-refractivity contribution in [3.8, 4) is 0 Å². The summed E-state index contributed by atoms with van der Waals surface area (Å²) >= 11 is 0. The number of carbonyl (C=O) groups is 1. The molecule has 0 aliphatic rings. The lowest BCUT2D eigenvalue weighted by atomic mass is 10.5. The maximum Gasteiger partial charge on any atom is 0.216 e. The van der Waals surface area contributed by atoms with Gasteiger partial charge >= 0.3 is 0 Å². The van der Waals surface area contributed by atoms with Crippen LogP contribution in [-0.4, -0.2) is 35.3 Å². The molecule has 0 aliphatic carbocycles. The van der Waals surface area contributed by atoms with Crippen LogP contribution in [0.25, 0.3) is 0 Å². The molecule has 1 amide bonds. The maximum atomic E-state index is 10.5. The van der Waals surface area contributed by atoms with Crippen LogP contribution in [0.1, 0.15) is 6.92 Å². The third kappa shape index (κ3) is 4.61. The lowest BCUT2D eigenvalue weighted by molar-refractivity contribution is -0.118. The molecule has 1 aromatic rings. The highest BCUT2D eigenvalue weighted by Gasteiger charge is 1.91. The summed E-state index contributed by atoms with van der Waals surface area (Å²) in [6.45, 7) is 4.70. The largest absolute Gasteiger partial charge is 0.355 e. The normalized spacial score (nSPS) is 10.1. The number of aromatic nitrogens is 2. The van der Waals surface area contributed by atoms with E-state index in [1.807, 2.05) is 16.9 Å². The van der Waals surface area contributed by atoms with Crippen molar-refractivity contribution in [2.45, 2.75) is 13.5 Å². The molecular formula is C9H16N4O. The molecule has 14 heavy (non-hydrogen) atoms. The molecule has 5 nitrogen and oxygen atoms in total. The van der Waals surface area contributed by atoms with E-state index in [9.17, 15) is 4.79 Å². The third-order valence-corrected chi connectivity index (χ3v) is 1.75. The second kappa shape index (κ2) is 6.15. The molecule has 0 atom stereocenters. The second-order valence-corrected chi connectivity index (χ2v) is 3.00. The van der Waals surface area contributed by atoms with Crippen LogP contribution in [0, 0.1) is 0 Å². The summed E-state index contributed by atoms with van der Waals surface area (Å²) < 4.78 is 1.87. The number of carbonyl (C=O) groups excluding carboxylic acids is 1. The average molecular weight is 196 g/mol. The van der Waals surface area contributed by atoms with Crippen molar-refractivity contribution in [1.29, 1.82) is 0 Å². The molecule has 0 fully saturated rings. The monoisotopic (exact) mass is 196 g/mol. The van der Waals surface area contributed by atoms with Gasteiger partial charge in [0, 0.05) is 39.0 Å². The first-order valence-electron chi connectivity index (χ1n) is 4.71. The van der Waals surface area contributed by atoms with Gasteiger partial charge < -0.3 is 10.6 Å². The summed E-state index contributed by atoms with van der Waals surface area (Å²) in [4.78, 5) is 10.5. The van der Waals surface area contributed by atoms with Crippen molar-refractivity contribution in [3.05, 3.63) is 18.5 Å². The molecule has 1 rings (SSSR count). The van der Waals surface area contributed by atoms with E-state index >= 15 is 0 Å². The molecule has 0 aliphatic heterocycles. The summed E-state index contributed by atoms with van der Waals surface area (Å²) in [6.07, 6.45) is 3.69. The minimum Gasteiger partial charge on any atom is -0.355 e. The molecule has 2 N–H and O–H groups in total. The van der Waals surface area contributed by atoms with Crippen LogP contribution in [0.2, 0.25) is 0 Å². The van der Waals surface area contributed by atoms with Crippen molar-refractivity contribution in [2.75, 3.05) is 19.6 Å². The van der Waals surface area contributed by atoms with Gasteiger partial charge in [0.05, 0.1) is 6.54 Å². The molecule has 0 spiro atoms. The second-order valence-electron chi connectivity index (χ2n) is 3.00. The topological polar surface area (TPSA) is 59.0 Å². The molecule has 0 unspecified atom stereocenters. The number of amides is 1. The Bertz CT molecular complexity index is 258. The van der Waals surface area contributed by atoms with E-state index in [1.165, 1.54) is 6.92 Å². The highest BCUT2D eigenvalue weighted by molar-refractivity contribution is 5.72.